The fraction of sp³-hybridized carbons (Fsp3) is 0.0833. The maximum Gasteiger partial charge on any atom is 0.290 e. The lowest BCUT2D eigenvalue weighted by molar-refractivity contribution is -0.115. The highest BCUT2D eigenvalue weighted by Crippen LogP contribution is 2.25. The van der Waals surface area contributed by atoms with Gasteiger partial charge in [0.15, 0.2) is 0 Å². The molecule has 2 rings (SSSR count). The van der Waals surface area contributed by atoms with E-state index in [9.17, 15) is 14.4 Å². The van der Waals surface area contributed by atoms with Crippen molar-refractivity contribution in [2.45, 2.75) is 6.92 Å². The summed E-state index contributed by atoms with van der Waals surface area (Å²) in [5, 5.41) is 4.47. The Morgan fingerprint density at radius 1 is 1.28 bits per heavy atom. The molecule has 0 atom stereocenters. The fourth-order valence-electron chi connectivity index (χ4n) is 1.44. The smallest absolute Gasteiger partial charge is 0.290 e. The molecule has 1 aromatic carbocycles. The van der Waals surface area contributed by atoms with E-state index in [1.807, 2.05) is 0 Å². The molecule has 1 aliphatic rings. The third-order valence-corrected chi connectivity index (χ3v) is 2.98. The van der Waals surface area contributed by atoms with E-state index in [2.05, 4.69) is 10.6 Å². The van der Waals surface area contributed by atoms with E-state index < -0.39 is 0 Å². The minimum atomic E-state index is -0.379. The van der Waals surface area contributed by atoms with Gasteiger partial charge >= 0.3 is 0 Å². The van der Waals surface area contributed by atoms with E-state index in [4.69, 9.17) is 0 Å². The van der Waals surface area contributed by atoms with Gasteiger partial charge in [0, 0.05) is 12.6 Å². The number of carbonyl (C=O) groups excluding carboxylic acids is 3. The van der Waals surface area contributed by atoms with Gasteiger partial charge in [0.2, 0.25) is 5.91 Å². The van der Waals surface area contributed by atoms with Gasteiger partial charge in [-0.25, -0.2) is 0 Å². The molecule has 0 radical (unpaired) electrons. The molecule has 1 fully saturated rings. The Kier molecular flexibility index (Phi) is 3.47. The Morgan fingerprint density at radius 3 is 2.44 bits per heavy atom. The summed E-state index contributed by atoms with van der Waals surface area (Å²) in [5.74, 6) is -0.520. The number of thioether (sulfide) groups is 1. The van der Waals surface area contributed by atoms with Gasteiger partial charge in [0.05, 0.1) is 4.91 Å². The Morgan fingerprint density at radius 2 is 1.94 bits per heavy atom. The molecule has 92 valence electrons. The number of anilines is 1. The molecule has 0 aromatic heterocycles. The van der Waals surface area contributed by atoms with Crippen molar-refractivity contribution in [3.8, 4) is 0 Å². The maximum atomic E-state index is 11.3. The minimum Gasteiger partial charge on any atom is -0.326 e. The number of imide groups is 1. The van der Waals surface area contributed by atoms with Crippen molar-refractivity contribution < 1.29 is 14.4 Å². The minimum absolute atomic E-state index is 0.141. The zero-order valence-electron chi connectivity index (χ0n) is 9.52. The lowest BCUT2D eigenvalue weighted by Gasteiger charge is -2.01. The van der Waals surface area contributed by atoms with Gasteiger partial charge in [0.1, 0.15) is 0 Å². The summed E-state index contributed by atoms with van der Waals surface area (Å²) in [6.45, 7) is 1.43. The molecule has 5 nitrogen and oxygen atoms in total. The Bertz CT molecular complexity index is 549. The van der Waals surface area contributed by atoms with Crippen LogP contribution >= 0.6 is 11.8 Å². The van der Waals surface area contributed by atoms with Crippen molar-refractivity contribution in [3.63, 3.8) is 0 Å². The third-order valence-electron chi connectivity index (χ3n) is 2.17. The molecular formula is C12H10N2O3S. The van der Waals surface area contributed by atoms with Gasteiger partial charge in [-0.2, -0.15) is 0 Å². The topological polar surface area (TPSA) is 75.3 Å². The van der Waals surface area contributed by atoms with Crippen LogP contribution in [0.15, 0.2) is 29.2 Å². The second-order valence-corrected chi connectivity index (χ2v) is 4.67. The molecule has 0 unspecified atom stereocenters. The van der Waals surface area contributed by atoms with E-state index in [0.717, 1.165) is 17.3 Å². The lowest BCUT2D eigenvalue weighted by Crippen LogP contribution is -2.17. The van der Waals surface area contributed by atoms with Crippen LogP contribution in [0.4, 0.5) is 10.5 Å². The number of hydrogen-bond acceptors (Lipinski definition) is 4. The predicted molar refractivity (Wildman–Crippen MR) is 69.9 cm³/mol. The monoisotopic (exact) mass is 262 g/mol. The summed E-state index contributed by atoms with van der Waals surface area (Å²) < 4.78 is 0. The van der Waals surface area contributed by atoms with Gasteiger partial charge in [-0.15, -0.1) is 0 Å². The average Bonchev–Trinajstić information content (AvgIpc) is 2.59. The first-order valence-electron chi connectivity index (χ1n) is 5.17. The van der Waals surface area contributed by atoms with Gasteiger partial charge in [-0.3, -0.25) is 19.7 Å². The molecular weight excluding hydrogens is 252 g/mol. The summed E-state index contributed by atoms with van der Waals surface area (Å²) in [6, 6.07) is 6.98. The largest absolute Gasteiger partial charge is 0.326 e. The zero-order valence-corrected chi connectivity index (χ0v) is 10.3. The lowest BCUT2D eigenvalue weighted by atomic mass is 10.2. The quantitative estimate of drug-likeness (QED) is 0.799. The molecule has 1 heterocycles. The van der Waals surface area contributed by atoms with Gasteiger partial charge < -0.3 is 5.32 Å². The van der Waals surface area contributed by atoms with Gasteiger partial charge in [-0.1, -0.05) is 12.1 Å². The van der Waals surface area contributed by atoms with Crippen LogP contribution in [0.25, 0.3) is 6.08 Å². The first kappa shape index (κ1) is 12.4. The molecule has 0 aliphatic carbocycles. The zero-order chi connectivity index (χ0) is 13.1. The number of carbonyl (C=O) groups is 3. The van der Waals surface area contributed by atoms with E-state index >= 15 is 0 Å². The van der Waals surface area contributed by atoms with Crippen molar-refractivity contribution in [2.75, 3.05) is 5.32 Å². The van der Waals surface area contributed by atoms with Crippen LogP contribution in [0.1, 0.15) is 12.5 Å². The molecule has 1 aromatic rings. The molecule has 2 N–H and O–H groups in total. The molecule has 1 saturated heterocycles. The number of hydrogen-bond donors (Lipinski definition) is 2. The summed E-state index contributed by atoms with van der Waals surface area (Å²) in [5.41, 5.74) is 1.47. The normalized spacial score (nSPS) is 16.8. The molecule has 3 amide bonds. The van der Waals surface area contributed by atoms with Crippen LogP contribution in [-0.2, 0) is 9.59 Å². The van der Waals surface area contributed by atoms with Crippen LogP contribution in [0.5, 0.6) is 0 Å². The molecule has 18 heavy (non-hydrogen) atoms. The Labute approximate surface area is 108 Å². The summed E-state index contributed by atoms with van der Waals surface area (Å²) in [6.07, 6.45) is 1.63. The van der Waals surface area contributed by atoms with Crippen molar-refractivity contribution in [2.24, 2.45) is 0 Å². The second-order valence-electron chi connectivity index (χ2n) is 3.66. The fourth-order valence-corrected chi connectivity index (χ4v) is 2.12. The van der Waals surface area contributed by atoms with Gasteiger partial charge in [-0.05, 0) is 35.5 Å². The molecule has 0 spiro atoms. The van der Waals surface area contributed by atoms with E-state index in [1.54, 1.807) is 30.3 Å². The summed E-state index contributed by atoms with van der Waals surface area (Å²) >= 11 is 0.875. The van der Waals surface area contributed by atoms with E-state index in [1.165, 1.54) is 6.92 Å². The highest BCUT2D eigenvalue weighted by molar-refractivity contribution is 8.18. The molecule has 0 bridgehead atoms. The summed E-state index contributed by atoms with van der Waals surface area (Å²) in [7, 11) is 0. The SMILES string of the molecule is CC(=O)Nc1ccc(/C=C2/SC(=O)NC2=O)cc1. The van der Waals surface area contributed by atoms with Crippen molar-refractivity contribution in [1.82, 2.24) is 5.32 Å². The number of benzene rings is 1. The maximum absolute atomic E-state index is 11.3. The van der Waals surface area contributed by atoms with Crippen molar-refractivity contribution in [1.29, 1.82) is 0 Å². The first-order chi connectivity index (χ1) is 8.54. The number of nitrogens with one attached hydrogen (secondary N) is 2. The van der Waals surface area contributed by atoms with Crippen LogP contribution in [0.2, 0.25) is 0 Å². The van der Waals surface area contributed by atoms with Crippen molar-refractivity contribution >= 4 is 40.6 Å². The average molecular weight is 262 g/mol. The van der Waals surface area contributed by atoms with Crippen LogP contribution < -0.4 is 10.6 Å². The van der Waals surface area contributed by atoms with Crippen molar-refractivity contribution in [3.05, 3.63) is 34.7 Å². The Hall–Kier alpha value is -2.08. The van der Waals surface area contributed by atoms with Crippen LogP contribution in [0, 0.1) is 0 Å². The predicted octanol–water partition coefficient (Wildman–Crippen LogP) is 1.97. The standard InChI is InChI=1S/C12H10N2O3S/c1-7(15)13-9-4-2-8(3-5-9)6-10-11(16)14-12(17)18-10/h2-6H,1H3,(H,13,15)(H,14,16,17)/b10-6+. The van der Waals surface area contributed by atoms with E-state index in [-0.39, 0.29) is 17.1 Å². The summed E-state index contributed by atoms with van der Waals surface area (Å²) in [4.78, 5) is 33.5. The van der Waals surface area contributed by atoms with Crippen LogP contribution in [-0.4, -0.2) is 17.1 Å². The first-order valence-corrected chi connectivity index (χ1v) is 5.99. The molecule has 6 heteroatoms. The second kappa shape index (κ2) is 5.05. The highest BCUT2D eigenvalue weighted by atomic mass is 32.2. The molecule has 0 saturated carbocycles. The highest BCUT2D eigenvalue weighted by Gasteiger charge is 2.24. The molecule has 1 aliphatic heterocycles. The third kappa shape index (κ3) is 2.98. The number of amides is 3. The van der Waals surface area contributed by atoms with Crippen LogP contribution in [0.3, 0.4) is 0 Å². The van der Waals surface area contributed by atoms with E-state index in [0.29, 0.717) is 10.6 Å². The Balaban J connectivity index is 2.15. The number of rotatable bonds is 2. The van der Waals surface area contributed by atoms with Gasteiger partial charge in [0.25, 0.3) is 11.1 Å².